The summed E-state index contributed by atoms with van der Waals surface area (Å²) in [5.41, 5.74) is 1.10. The number of hydrogen-bond donors (Lipinski definition) is 1. The molecule has 0 radical (unpaired) electrons. The molecule has 0 bridgehead atoms. The first-order valence-corrected chi connectivity index (χ1v) is 7.05. The molecule has 4 heteroatoms. The van der Waals surface area contributed by atoms with Crippen molar-refractivity contribution in [2.24, 2.45) is 5.92 Å². The molecule has 0 saturated carbocycles. The molecule has 2 heterocycles. The number of rotatable bonds is 5. The summed E-state index contributed by atoms with van der Waals surface area (Å²) in [5.74, 6) is 1.86. The monoisotopic (exact) mass is 248 g/mol. The molecule has 18 heavy (non-hydrogen) atoms. The van der Waals surface area contributed by atoms with E-state index < -0.39 is 0 Å². The molecule has 2 rings (SSSR count). The molecule has 4 nitrogen and oxygen atoms in total. The first kappa shape index (κ1) is 13.3. The highest BCUT2D eigenvalue weighted by Crippen LogP contribution is 2.15. The summed E-state index contributed by atoms with van der Waals surface area (Å²) < 4.78 is 0. The molecule has 1 saturated heterocycles. The van der Waals surface area contributed by atoms with E-state index in [1.165, 1.54) is 25.9 Å². The number of aryl methyl sites for hydroxylation is 1. The minimum atomic E-state index is 0.906. The second kappa shape index (κ2) is 6.69. The van der Waals surface area contributed by atoms with Crippen molar-refractivity contribution < 1.29 is 0 Å². The molecule has 1 N–H and O–H groups in total. The van der Waals surface area contributed by atoms with Gasteiger partial charge in [0.25, 0.3) is 0 Å². The molecular weight excluding hydrogens is 224 g/mol. The zero-order valence-electron chi connectivity index (χ0n) is 11.5. The Kier molecular flexibility index (Phi) is 4.93. The van der Waals surface area contributed by atoms with Crippen molar-refractivity contribution in [2.75, 3.05) is 31.5 Å². The van der Waals surface area contributed by atoms with E-state index in [1.807, 2.05) is 6.07 Å². The van der Waals surface area contributed by atoms with E-state index in [4.69, 9.17) is 0 Å². The molecule has 0 aromatic carbocycles. The summed E-state index contributed by atoms with van der Waals surface area (Å²) in [4.78, 5) is 11.0. The smallest absolute Gasteiger partial charge is 0.129 e. The third-order valence-corrected chi connectivity index (χ3v) is 3.70. The van der Waals surface area contributed by atoms with Crippen LogP contribution in [-0.4, -0.2) is 41.0 Å². The van der Waals surface area contributed by atoms with Gasteiger partial charge in [0.1, 0.15) is 12.1 Å². The Balaban J connectivity index is 1.71. The van der Waals surface area contributed by atoms with Crippen LogP contribution in [0.3, 0.4) is 0 Å². The molecule has 1 fully saturated rings. The van der Waals surface area contributed by atoms with E-state index >= 15 is 0 Å². The number of aromatic nitrogens is 2. The van der Waals surface area contributed by atoms with Crippen LogP contribution < -0.4 is 5.32 Å². The van der Waals surface area contributed by atoms with Crippen LogP contribution in [0.2, 0.25) is 0 Å². The minimum absolute atomic E-state index is 0.906. The lowest BCUT2D eigenvalue weighted by atomic mass is 9.99. The second-order valence-corrected chi connectivity index (χ2v) is 5.20. The zero-order chi connectivity index (χ0) is 12.8. The molecule has 1 aromatic heterocycles. The summed E-state index contributed by atoms with van der Waals surface area (Å²) in [6, 6.07) is 2.04. The Hall–Kier alpha value is -1.16. The quantitative estimate of drug-likeness (QED) is 0.867. The number of nitrogens with zero attached hydrogens (tertiary/aromatic N) is 3. The maximum absolute atomic E-state index is 4.24. The van der Waals surface area contributed by atoms with Crippen LogP contribution in [0.1, 0.15) is 32.4 Å². The first-order chi connectivity index (χ1) is 8.78. The lowest BCUT2D eigenvalue weighted by Gasteiger charge is -2.30. The van der Waals surface area contributed by atoms with Gasteiger partial charge >= 0.3 is 0 Å². The molecule has 0 spiro atoms. The summed E-state index contributed by atoms with van der Waals surface area (Å²) in [5, 5.41) is 3.39. The number of anilines is 1. The van der Waals surface area contributed by atoms with Gasteiger partial charge in [0.2, 0.25) is 0 Å². The van der Waals surface area contributed by atoms with E-state index in [0.717, 1.165) is 36.9 Å². The predicted molar refractivity (Wildman–Crippen MR) is 74.7 cm³/mol. The van der Waals surface area contributed by atoms with Crippen LogP contribution in [-0.2, 0) is 6.42 Å². The fraction of sp³-hybridized carbons (Fsp3) is 0.714. The molecule has 0 aliphatic carbocycles. The van der Waals surface area contributed by atoms with Crippen LogP contribution in [0.25, 0.3) is 0 Å². The van der Waals surface area contributed by atoms with Gasteiger partial charge in [-0.15, -0.1) is 0 Å². The Labute approximate surface area is 110 Å². The maximum atomic E-state index is 4.24. The number of hydrogen-bond acceptors (Lipinski definition) is 4. The Morgan fingerprint density at radius 2 is 2.11 bits per heavy atom. The highest BCUT2D eigenvalue weighted by Gasteiger charge is 2.14. The predicted octanol–water partition coefficient (Wildman–Crippen LogP) is 2.18. The van der Waals surface area contributed by atoms with Crippen molar-refractivity contribution in [2.45, 2.75) is 33.1 Å². The number of nitrogens with one attached hydrogen (secondary N) is 1. The molecule has 1 aromatic rings. The number of piperidine rings is 1. The molecule has 1 aliphatic rings. The van der Waals surface area contributed by atoms with Crippen molar-refractivity contribution in [1.29, 1.82) is 0 Å². The average molecular weight is 248 g/mol. The highest BCUT2D eigenvalue weighted by atomic mass is 15.1. The lowest BCUT2D eigenvalue weighted by molar-refractivity contribution is 0.199. The van der Waals surface area contributed by atoms with Crippen molar-refractivity contribution in [3.63, 3.8) is 0 Å². The topological polar surface area (TPSA) is 41.0 Å². The van der Waals surface area contributed by atoms with Crippen LogP contribution in [0.4, 0.5) is 5.82 Å². The van der Waals surface area contributed by atoms with Crippen molar-refractivity contribution >= 4 is 5.82 Å². The van der Waals surface area contributed by atoms with E-state index in [2.05, 4.69) is 34.0 Å². The van der Waals surface area contributed by atoms with Crippen LogP contribution in [0.15, 0.2) is 12.4 Å². The molecule has 1 aliphatic heterocycles. The summed E-state index contributed by atoms with van der Waals surface area (Å²) >= 11 is 0. The minimum Gasteiger partial charge on any atom is -0.369 e. The number of likely N-dealkylation sites (tertiary alicyclic amines) is 1. The molecule has 100 valence electrons. The fourth-order valence-corrected chi connectivity index (χ4v) is 2.32. The summed E-state index contributed by atoms with van der Waals surface area (Å²) in [6.45, 7) is 9.02. The normalized spacial score (nSPS) is 17.9. The van der Waals surface area contributed by atoms with Crippen molar-refractivity contribution in [3.05, 3.63) is 18.1 Å². The van der Waals surface area contributed by atoms with Gasteiger partial charge in [-0.3, -0.25) is 0 Å². The highest BCUT2D eigenvalue weighted by molar-refractivity contribution is 5.34. The Bertz CT molecular complexity index is 359. The van der Waals surface area contributed by atoms with Gasteiger partial charge in [0.05, 0.1) is 0 Å². The third kappa shape index (κ3) is 3.95. The van der Waals surface area contributed by atoms with Crippen LogP contribution in [0.5, 0.6) is 0 Å². The first-order valence-electron chi connectivity index (χ1n) is 7.05. The summed E-state index contributed by atoms with van der Waals surface area (Å²) in [6.07, 6.45) is 5.28. The van der Waals surface area contributed by atoms with Gasteiger partial charge < -0.3 is 10.2 Å². The maximum Gasteiger partial charge on any atom is 0.129 e. The fourth-order valence-electron chi connectivity index (χ4n) is 2.32. The van der Waals surface area contributed by atoms with E-state index in [1.54, 1.807) is 6.33 Å². The van der Waals surface area contributed by atoms with E-state index in [0.29, 0.717) is 0 Å². The summed E-state index contributed by atoms with van der Waals surface area (Å²) in [7, 11) is 0. The molecule has 0 atom stereocenters. The standard InChI is InChI=1S/C14H24N4/c1-3-13-10-14(17-11-16-13)15-6-9-18-7-4-12(2)5-8-18/h10-12H,3-9H2,1-2H3,(H,15,16,17). The lowest BCUT2D eigenvalue weighted by Crippen LogP contribution is -2.36. The zero-order valence-corrected chi connectivity index (χ0v) is 11.5. The molecule has 0 amide bonds. The van der Waals surface area contributed by atoms with E-state index in [9.17, 15) is 0 Å². The molecule has 0 unspecified atom stereocenters. The van der Waals surface area contributed by atoms with Crippen LogP contribution in [0, 0.1) is 5.92 Å². The van der Waals surface area contributed by atoms with Crippen LogP contribution >= 0.6 is 0 Å². The largest absolute Gasteiger partial charge is 0.369 e. The van der Waals surface area contributed by atoms with Gasteiger partial charge in [-0.2, -0.15) is 0 Å². The molecular formula is C14H24N4. The van der Waals surface area contributed by atoms with Gasteiger partial charge in [-0.25, -0.2) is 9.97 Å². The Morgan fingerprint density at radius 3 is 2.83 bits per heavy atom. The van der Waals surface area contributed by atoms with Gasteiger partial charge in [-0.1, -0.05) is 13.8 Å². The van der Waals surface area contributed by atoms with Gasteiger partial charge in [-0.05, 0) is 38.3 Å². The third-order valence-electron chi connectivity index (χ3n) is 3.70. The average Bonchev–Trinajstić information content (AvgIpc) is 2.41. The van der Waals surface area contributed by atoms with E-state index in [-0.39, 0.29) is 0 Å². The van der Waals surface area contributed by atoms with Gasteiger partial charge in [0, 0.05) is 24.8 Å². The second-order valence-electron chi connectivity index (χ2n) is 5.20. The van der Waals surface area contributed by atoms with Crippen molar-refractivity contribution in [3.8, 4) is 0 Å². The van der Waals surface area contributed by atoms with Crippen molar-refractivity contribution in [1.82, 2.24) is 14.9 Å². The van der Waals surface area contributed by atoms with Gasteiger partial charge in [0.15, 0.2) is 0 Å². The SMILES string of the molecule is CCc1cc(NCCN2CCC(C)CC2)ncn1. The Morgan fingerprint density at radius 1 is 1.33 bits per heavy atom.